The Morgan fingerprint density at radius 3 is 2.67 bits per heavy atom. The topological polar surface area (TPSA) is 37.8 Å². The lowest BCUT2D eigenvalue weighted by Gasteiger charge is -2.12. The van der Waals surface area contributed by atoms with Crippen LogP contribution in [0.15, 0.2) is 45.6 Å². The van der Waals surface area contributed by atoms with E-state index in [9.17, 15) is 0 Å². The van der Waals surface area contributed by atoms with Gasteiger partial charge in [-0.1, -0.05) is 27.5 Å². The normalized spacial score (nSPS) is 10.9. The van der Waals surface area contributed by atoms with Crippen LogP contribution in [0.1, 0.15) is 5.56 Å². The van der Waals surface area contributed by atoms with Crippen LogP contribution in [0.3, 0.4) is 0 Å². The van der Waals surface area contributed by atoms with Crippen molar-refractivity contribution in [1.29, 1.82) is 0 Å². The van der Waals surface area contributed by atoms with Gasteiger partial charge in [0, 0.05) is 25.0 Å². The summed E-state index contributed by atoms with van der Waals surface area (Å²) >= 11 is 13.0. The zero-order valence-corrected chi connectivity index (χ0v) is 14.9. The molecule has 0 bridgehead atoms. The lowest BCUT2D eigenvalue weighted by atomic mass is 10.2. The Morgan fingerprint density at radius 2 is 1.90 bits per heavy atom. The first-order valence-corrected chi connectivity index (χ1v) is 8.14. The van der Waals surface area contributed by atoms with Gasteiger partial charge in [0.1, 0.15) is 12.1 Å². The zero-order valence-electron chi connectivity index (χ0n) is 11.0. The largest absolute Gasteiger partial charge is 0.339 e. The molecule has 6 heteroatoms. The highest BCUT2D eigenvalue weighted by Gasteiger charge is 2.09. The molecule has 0 saturated carbocycles. The second-order valence-corrected chi connectivity index (χ2v) is 6.80. The van der Waals surface area contributed by atoms with E-state index in [0.29, 0.717) is 0 Å². The number of aryl methyl sites for hydroxylation is 1. The maximum Gasteiger partial charge on any atom is 0.141 e. The second-order valence-electron chi connectivity index (χ2n) is 4.59. The number of hydrogen-bond donors (Lipinski definition) is 1. The predicted octanol–water partition coefficient (Wildman–Crippen LogP) is 5.86. The maximum atomic E-state index is 5.99. The molecule has 1 aromatic heterocycles. The standard InChI is InChI=1S/C15H10Br2ClN3/c1-8-4-10(18)2-3-13(8)21-15-11-5-9(16)6-12(17)14(11)19-7-20-15/h2-7H,1H3,(H,19,20,21). The number of hydrogen-bond acceptors (Lipinski definition) is 3. The van der Waals surface area contributed by atoms with Gasteiger partial charge in [-0.15, -0.1) is 0 Å². The summed E-state index contributed by atoms with van der Waals surface area (Å²) in [5.74, 6) is 0.757. The van der Waals surface area contributed by atoms with Crippen molar-refractivity contribution in [1.82, 2.24) is 9.97 Å². The highest BCUT2D eigenvalue weighted by atomic mass is 79.9. The Labute approximate surface area is 144 Å². The van der Waals surface area contributed by atoms with Crippen LogP contribution in [0.5, 0.6) is 0 Å². The third-order valence-corrected chi connectivity index (χ3v) is 4.40. The van der Waals surface area contributed by atoms with Crippen LogP contribution in [-0.4, -0.2) is 9.97 Å². The van der Waals surface area contributed by atoms with Gasteiger partial charge in [0.25, 0.3) is 0 Å². The van der Waals surface area contributed by atoms with Gasteiger partial charge in [0.05, 0.1) is 5.52 Å². The SMILES string of the molecule is Cc1cc(Cl)ccc1Nc1ncnc2c(Br)cc(Br)cc12. The van der Waals surface area contributed by atoms with Crippen LogP contribution < -0.4 is 5.32 Å². The summed E-state index contributed by atoms with van der Waals surface area (Å²) in [5, 5.41) is 5.00. The van der Waals surface area contributed by atoms with Gasteiger partial charge in [-0.05, 0) is 58.7 Å². The van der Waals surface area contributed by atoms with E-state index in [4.69, 9.17) is 11.6 Å². The molecule has 0 aliphatic carbocycles. The molecule has 0 saturated heterocycles. The number of benzene rings is 2. The van der Waals surface area contributed by atoms with Crippen molar-refractivity contribution in [3.8, 4) is 0 Å². The van der Waals surface area contributed by atoms with Crippen LogP contribution in [-0.2, 0) is 0 Å². The van der Waals surface area contributed by atoms with Crippen molar-refractivity contribution in [2.45, 2.75) is 6.92 Å². The Bertz CT molecular complexity index is 837. The number of halogens is 3. The lowest BCUT2D eigenvalue weighted by Crippen LogP contribution is -1.98. The van der Waals surface area contributed by atoms with Crippen molar-refractivity contribution < 1.29 is 0 Å². The molecule has 0 amide bonds. The number of nitrogens with one attached hydrogen (secondary N) is 1. The molecule has 106 valence electrons. The number of fused-ring (bicyclic) bond motifs is 1. The predicted molar refractivity (Wildman–Crippen MR) is 94.4 cm³/mol. The molecule has 0 spiro atoms. The van der Waals surface area contributed by atoms with Gasteiger partial charge in [0.2, 0.25) is 0 Å². The number of aromatic nitrogens is 2. The summed E-state index contributed by atoms with van der Waals surface area (Å²) in [5.41, 5.74) is 2.89. The average Bonchev–Trinajstić information content (AvgIpc) is 2.42. The molecule has 3 nitrogen and oxygen atoms in total. The minimum atomic E-state index is 0.719. The number of anilines is 2. The smallest absolute Gasteiger partial charge is 0.141 e. The van der Waals surface area contributed by atoms with Gasteiger partial charge in [-0.25, -0.2) is 9.97 Å². The van der Waals surface area contributed by atoms with Gasteiger partial charge < -0.3 is 5.32 Å². The molecule has 3 rings (SSSR count). The first-order chi connectivity index (χ1) is 10.0. The third-order valence-electron chi connectivity index (χ3n) is 3.10. The quantitative estimate of drug-likeness (QED) is 0.557. The van der Waals surface area contributed by atoms with E-state index in [1.165, 1.54) is 0 Å². The van der Waals surface area contributed by atoms with E-state index in [1.807, 2.05) is 37.3 Å². The summed E-state index contributed by atoms with van der Waals surface area (Å²) in [6.45, 7) is 2.00. The molecule has 0 aliphatic rings. The highest BCUT2D eigenvalue weighted by molar-refractivity contribution is 9.11. The van der Waals surface area contributed by atoms with E-state index in [1.54, 1.807) is 6.33 Å². The average molecular weight is 428 g/mol. The zero-order chi connectivity index (χ0) is 15.0. The van der Waals surface area contributed by atoms with Crippen LogP contribution in [0, 0.1) is 6.92 Å². The molecule has 0 atom stereocenters. The Morgan fingerprint density at radius 1 is 1.10 bits per heavy atom. The van der Waals surface area contributed by atoms with Crippen molar-refractivity contribution >= 4 is 65.9 Å². The molecule has 2 aromatic carbocycles. The molecular formula is C15H10Br2ClN3. The van der Waals surface area contributed by atoms with Crippen LogP contribution in [0.2, 0.25) is 5.02 Å². The second kappa shape index (κ2) is 5.91. The van der Waals surface area contributed by atoms with Gasteiger partial charge in [0.15, 0.2) is 0 Å². The fraction of sp³-hybridized carbons (Fsp3) is 0.0667. The summed E-state index contributed by atoms with van der Waals surface area (Å²) < 4.78 is 1.89. The molecular weight excluding hydrogens is 417 g/mol. The Hall–Kier alpha value is -1.17. The minimum absolute atomic E-state index is 0.719. The highest BCUT2D eigenvalue weighted by Crippen LogP contribution is 2.32. The fourth-order valence-electron chi connectivity index (χ4n) is 2.09. The van der Waals surface area contributed by atoms with Gasteiger partial charge in [-0.3, -0.25) is 0 Å². The first kappa shape index (κ1) is 14.8. The summed E-state index contributed by atoms with van der Waals surface area (Å²) in [6.07, 6.45) is 1.55. The number of rotatable bonds is 2. The van der Waals surface area contributed by atoms with E-state index in [2.05, 4.69) is 47.1 Å². The van der Waals surface area contributed by atoms with Crippen LogP contribution in [0.4, 0.5) is 11.5 Å². The van der Waals surface area contributed by atoms with Crippen molar-refractivity contribution in [3.05, 3.63) is 56.2 Å². The van der Waals surface area contributed by atoms with Crippen molar-refractivity contribution in [2.75, 3.05) is 5.32 Å². The fourth-order valence-corrected chi connectivity index (χ4v) is 3.64. The molecule has 1 N–H and O–H groups in total. The summed E-state index contributed by atoms with van der Waals surface area (Å²) in [7, 11) is 0. The molecule has 21 heavy (non-hydrogen) atoms. The Kier molecular flexibility index (Phi) is 4.15. The van der Waals surface area contributed by atoms with Crippen LogP contribution >= 0.6 is 43.5 Å². The van der Waals surface area contributed by atoms with Gasteiger partial charge >= 0.3 is 0 Å². The lowest BCUT2D eigenvalue weighted by molar-refractivity contribution is 1.21. The van der Waals surface area contributed by atoms with E-state index in [0.717, 1.165) is 41.9 Å². The Balaban J connectivity index is 2.12. The van der Waals surface area contributed by atoms with Crippen molar-refractivity contribution in [2.24, 2.45) is 0 Å². The molecule has 0 unspecified atom stereocenters. The number of nitrogens with zero attached hydrogens (tertiary/aromatic N) is 2. The molecule has 0 fully saturated rings. The minimum Gasteiger partial charge on any atom is -0.339 e. The van der Waals surface area contributed by atoms with Gasteiger partial charge in [-0.2, -0.15) is 0 Å². The van der Waals surface area contributed by atoms with Crippen molar-refractivity contribution in [3.63, 3.8) is 0 Å². The summed E-state index contributed by atoms with van der Waals surface area (Å²) in [4.78, 5) is 8.67. The van der Waals surface area contributed by atoms with E-state index >= 15 is 0 Å². The molecule has 0 radical (unpaired) electrons. The maximum absolute atomic E-state index is 5.99. The van der Waals surface area contributed by atoms with Crippen LogP contribution in [0.25, 0.3) is 10.9 Å². The van der Waals surface area contributed by atoms with E-state index in [-0.39, 0.29) is 0 Å². The summed E-state index contributed by atoms with van der Waals surface area (Å²) in [6, 6.07) is 9.67. The monoisotopic (exact) mass is 425 g/mol. The van der Waals surface area contributed by atoms with E-state index < -0.39 is 0 Å². The molecule has 0 aliphatic heterocycles. The third kappa shape index (κ3) is 3.05. The first-order valence-electron chi connectivity index (χ1n) is 6.17. The molecule has 3 aromatic rings. The molecule has 1 heterocycles.